The lowest BCUT2D eigenvalue weighted by Crippen LogP contribution is -2.27. The molecule has 1 aliphatic carbocycles. The molecule has 1 aliphatic rings. The average molecular weight is 239 g/mol. The zero-order valence-electron chi connectivity index (χ0n) is 11.5. The molecule has 98 valence electrons. The van der Waals surface area contributed by atoms with E-state index in [4.69, 9.17) is 4.74 Å². The van der Waals surface area contributed by atoms with Crippen molar-refractivity contribution in [1.29, 1.82) is 0 Å². The van der Waals surface area contributed by atoms with Gasteiger partial charge in [0.1, 0.15) is 5.71 Å². The second-order valence-electron chi connectivity index (χ2n) is 5.41. The summed E-state index contributed by atoms with van der Waals surface area (Å²) in [6, 6.07) is 0.334. The minimum absolute atomic E-state index is 0.0715. The molecule has 0 amide bonds. The molecule has 0 heterocycles. The molecule has 0 aromatic carbocycles. The Morgan fingerprint density at radius 2 is 1.71 bits per heavy atom. The van der Waals surface area contributed by atoms with E-state index >= 15 is 0 Å². The summed E-state index contributed by atoms with van der Waals surface area (Å²) in [6.07, 6.45) is 5.94. The Bertz CT molecular complexity index is 276. The van der Waals surface area contributed by atoms with Crippen LogP contribution in [0.4, 0.5) is 0 Å². The lowest BCUT2D eigenvalue weighted by Gasteiger charge is -2.20. The van der Waals surface area contributed by atoms with Crippen molar-refractivity contribution >= 4 is 11.7 Å². The van der Waals surface area contributed by atoms with Gasteiger partial charge in [-0.05, 0) is 26.7 Å². The van der Waals surface area contributed by atoms with E-state index in [1.54, 1.807) is 0 Å². The number of carbonyl (C=O) groups is 1. The van der Waals surface area contributed by atoms with Crippen molar-refractivity contribution in [3.05, 3.63) is 0 Å². The van der Waals surface area contributed by atoms with E-state index in [1.165, 1.54) is 19.3 Å². The Kier molecular flexibility index (Phi) is 5.66. The molecule has 0 spiro atoms. The number of esters is 1. The largest absolute Gasteiger partial charge is 0.458 e. The van der Waals surface area contributed by atoms with Crippen LogP contribution in [0.25, 0.3) is 0 Å². The van der Waals surface area contributed by atoms with Gasteiger partial charge in [0.25, 0.3) is 0 Å². The summed E-state index contributed by atoms with van der Waals surface area (Å²) in [6.45, 7) is 7.75. The molecule has 0 aromatic rings. The fourth-order valence-electron chi connectivity index (χ4n) is 2.12. The van der Waals surface area contributed by atoms with Crippen LogP contribution < -0.4 is 0 Å². The van der Waals surface area contributed by atoms with Crippen molar-refractivity contribution in [1.82, 2.24) is 0 Å². The van der Waals surface area contributed by atoms with Crippen molar-refractivity contribution in [3.8, 4) is 0 Å². The molecule has 1 rings (SSSR count). The quantitative estimate of drug-likeness (QED) is 0.557. The smallest absolute Gasteiger partial charge is 0.352 e. The Hall–Kier alpha value is -0.860. The molecule has 0 bridgehead atoms. The van der Waals surface area contributed by atoms with Gasteiger partial charge in [0.15, 0.2) is 0 Å². The van der Waals surface area contributed by atoms with E-state index in [-0.39, 0.29) is 18.0 Å². The standard InChI is InChI=1S/C14H25NO2/c1-10(2)13(14(16)17-11(3)4)15-12-8-6-5-7-9-12/h10-12H,5-9H2,1-4H3/b15-13-. The van der Waals surface area contributed by atoms with Gasteiger partial charge in [-0.25, -0.2) is 4.79 Å². The average Bonchev–Trinajstić information content (AvgIpc) is 2.25. The SMILES string of the molecule is CC(C)OC(=O)/C(=N\C1CCCCC1)C(C)C. The summed E-state index contributed by atoms with van der Waals surface area (Å²) in [5.41, 5.74) is 0.616. The lowest BCUT2D eigenvalue weighted by atomic mass is 9.95. The third-order valence-electron chi connectivity index (χ3n) is 3.00. The molecular formula is C14H25NO2. The second kappa shape index (κ2) is 6.77. The second-order valence-corrected chi connectivity index (χ2v) is 5.41. The molecular weight excluding hydrogens is 214 g/mol. The molecule has 0 unspecified atom stereocenters. The van der Waals surface area contributed by atoms with E-state index in [0.29, 0.717) is 11.8 Å². The minimum Gasteiger partial charge on any atom is -0.458 e. The highest BCUT2D eigenvalue weighted by Gasteiger charge is 2.21. The number of nitrogens with zero attached hydrogens (tertiary/aromatic N) is 1. The van der Waals surface area contributed by atoms with Crippen molar-refractivity contribution in [2.75, 3.05) is 0 Å². The van der Waals surface area contributed by atoms with Crippen LogP contribution in [0.5, 0.6) is 0 Å². The van der Waals surface area contributed by atoms with Crippen LogP contribution >= 0.6 is 0 Å². The molecule has 3 heteroatoms. The first-order valence-corrected chi connectivity index (χ1v) is 6.79. The summed E-state index contributed by atoms with van der Waals surface area (Å²) < 4.78 is 5.25. The fourth-order valence-corrected chi connectivity index (χ4v) is 2.12. The molecule has 1 fully saturated rings. The van der Waals surface area contributed by atoms with Gasteiger partial charge in [-0.1, -0.05) is 33.1 Å². The number of carbonyl (C=O) groups excluding carboxylic acids is 1. The molecule has 0 aromatic heterocycles. The summed E-state index contributed by atoms with van der Waals surface area (Å²) >= 11 is 0. The van der Waals surface area contributed by atoms with E-state index in [2.05, 4.69) is 4.99 Å². The number of hydrogen-bond acceptors (Lipinski definition) is 3. The van der Waals surface area contributed by atoms with Crippen LogP contribution in [0.2, 0.25) is 0 Å². The summed E-state index contributed by atoms with van der Waals surface area (Å²) in [7, 11) is 0. The van der Waals surface area contributed by atoms with Gasteiger partial charge in [0, 0.05) is 5.92 Å². The molecule has 3 nitrogen and oxygen atoms in total. The van der Waals surface area contributed by atoms with E-state index < -0.39 is 0 Å². The highest BCUT2D eigenvalue weighted by Crippen LogP contribution is 2.21. The van der Waals surface area contributed by atoms with Crippen molar-refractivity contribution in [2.45, 2.75) is 71.9 Å². The zero-order valence-corrected chi connectivity index (χ0v) is 11.5. The van der Waals surface area contributed by atoms with Gasteiger partial charge in [-0.2, -0.15) is 0 Å². The third-order valence-corrected chi connectivity index (χ3v) is 3.00. The number of rotatable bonds is 4. The van der Waals surface area contributed by atoms with Gasteiger partial charge in [-0.3, -0.25) is 4.99 Å². The van der Waals surface area contributed by atoms with Crippen molar-refractivity contribution < 1.29 is 9.53 Å². The molecule has 0 saturated heterocycles. The number of ether oxygens (including phenoxy) is 1. The molecule has 17 heavy (non-hydrogen) atoms. The lowest BCUT2D eigenvalue weighted by molar-refractivity contribution is -0.139. The Labute approximate surface area is 105 Å². The first-order valence-electron chi connectivity index (χ1n) is 6.79. The predicted octanol–water partition coefficient (Wildman–Crippen LogP) is 3.37. The molecule has 0 aliphatic heterocycles. The minimum atomic E-state index is -0.236. The van der Waals surface area contributed by atoms with Crippen LogP contribution in [0.1, 0.15) is 59.8 Å². The van der Waals surface area contributed by atoms with Crippen LogP contribution in [0.3, 0.4) is 0 Å². The summed E-state index contributed by atoms with van der Waals surface area (Å²) in [5.74, 6) is -0.0938. The topological polar surface area (TPSA) is 38.7 Å². The summed E-state index contributed by atoms with van der Waals surface area (Å²) in [4.78, 5) is 16.5. The van der Waals surface area contributed by atoms with Gasteiger partial charge < -0.3 is 4.74 Å². The Morgan fingerprint density at radius 3 is 2.18 bits per heavy atom. The zero-order chi connectivity index (χ0) is 12.8. The molecule has 0 atom stereocenters. The molecule has 0 radical (unpaired) electrons. The molecule has 0 N–H and O–H groups in total. The monoisotopic (exact) mass is 239 g/mol. The normalized spacial score (nSPS) is 18.8. The Morgan fingerprint density at radius 1 is 1.12 bits per heavy atom. The van der Waals surface area contributed by atoms with Crippen LogP contribution in [0, 0.1) is 5.92 Å². The van der Waals surface area contributed by atoms with Gasteiger partial charge in [0.2, 0.25) is 0 Å². The molecule has 1 saturated carbocycles. The number of hydrogen-bond donors (Lipinski definition) is 0. The highest BCUT2D eigenvalue weighted by molar-refractivity contribution is 6.37. The van der Waals surface area contributed by atoms with E-state index in [9.17, 15) is 4.79 Å². The Balaban J connectivity index is 2.69. The van der Waals surface area contributed by atoms with E-state index in [0.717, 1.165) is 12.8 Å². The number of aliphatic imine (C=N–C) groups is 1. The van der Waals surface area contributed by atoms with Crippen LogP contribution in [0.15, 0.2) is 4.99 Å². The maximum absolute atomic E-state index is 11.9. The van der Waals surface area contributed by atoms with Crippen LogP contribution in [-0.2, 0) is 9.53 Å². The van der Waals surface area contributed by atoms with Gasteiger partial charge in [-0.15, -0.1) is 0 Å². The fraction of sp³-hybridized carbons (Fsp3) is 0.857. The highest BCUT2D eigenvalue weighted by atomic mass is 16.5. The maximum atomic E-state index is 11.9. The van der Waals surface area contributed by atoms with Gasteiger partial charge in [0.05, 0.1) is 12.1 Å². The van der Waals surface area contributed by atoms with E-state index in [1.807, 2.05) is 27.7 Å². The summed E-state index contributed by atoms with van der Waals surface area (Å²) in [5, 5.41) is 0. The maximum Gasteiger partial charge on any atom is 0.352 e. The first kappa shape index (κ1) is 14.2. The van der Waals surface area contributed by atoms with Crippen molar-refractivity contribution in [2.24, 2.45) is 10.9 Å². The van der Waals surface area contributed by atoms with Crippen molar-refractivity contribution in [3.63, 3.8) is 0 Å². The van der Waals surface area contributed by atoms with Gasteiger partial charge >= 0.3 is 5.97 Å². The predicted molar refractivity (Wildman–Crippen MR) is 70.4 cm³/mol. The third kappa shape index (κ3) is 4.88. The first-order chi connectivity index (χ1) is 8.00. The van der Waals surface area contributed by atoms with Crippen LogP contribution in [-0.4, -0.2) is 23.8 Å².